The van der Waals surface area contributed by atoms with Crippen LogP contribution in [-0.4, -0.2) is 33.4 Å². The van der Waals surface area contributed by atoms with Gasteiger partial charge in [-0.2, -0.15) is 5.10 Å². The SMILES string of the molecule is O=C(Nc1ccc(-n2cncn2)c(F)c1)[C@H]1COc2ccccc2O1. The van der Waals surface area contributed by atoms with E-state index in [-0.39, 0.29) is 12.3 Å². The molecule has 25 heavy (non-hydrogen) atoms. The fraction of sp³-hybridized carbons (Fsp3) is 0.118. The lowest BCUT2D eigenvalue weighted by molar-refractivity contribution is -0.125. The molecular weight excluding hydrogens is 327 g/mol. The van der Waals surface area contributed by atoms with E-state index in [2.05, 4.69) is 15.4 Å². The van der Waals surface area contributed by atoms with Crippen molar-refractivity contribution in [1.82, 2.24) is 14.8 Å². The maximum Gasteiger partial charge on any atom is 0.269 e. The number of hydrogen-bond acceptors (Lipinski definition) is 5. The predicted molar refractivity (Wildman–Crippen MR) is 86.3 cm³/mol. The van der Waals surface area contributed by atoms with Gasteiger partial charge in [-0.3, -0.25) is 4.79 Å². The molecular formula is C17H13FN4O3. The number of carbonyl (C=O) groups is 1. The van der Waals surface area contributed by atoms with Gasteiger partial charge in [0.25, 0.3) is 5.91 Å². The first-order valence-electron chi connectivity index (χ1n) is 7.54. The van der Waals surface area contributed by atoms with Gasteiger partial charge in [-0.15, -0.1) is 0 Å². The predicted octanol–water partition coefficient (Wildman–Crippen LogP) is 2.18. The summed E-state index contributed by atoms with van der Waals surface area (Å²) < 4.78 is 26.6. The molecule has 0 radical (unpaired) electrons. The van der Waals surface area contributed by atoms with Crippen LogP contribution in [0, 0.1) is 5.82 Å². The van der Waals surface area contributed by atoms with E-state index < -0.39 is 17.8 Å². The molecule has 1 atom stereocenters. The van der Waals surface area contributed by atoms with Gasteiger partial charge in [-0.25, -0.2) is 14.1 Å². The Morgan fingerprint density at radius 3 is 2.84 bits per heavy atom. The Labute approximate surface area is 142 Å². The molecule has 0 unspecified atom stereocenters. The van der Waals surface area contributed by atoms with Crippen LogP contribution in [0.1, 0.15) is 0 Å². The molecule has 3 aromatic rings. The molecule has 0 bridgehead atoms. The summed E-state index contributed by atoms with van der Waals surface area (Å²) in [5, 5.41) is 6.50. The average molecular weight is 340 g/mol. The quantitative estimate of drug-likeness (QED) is 0.791. The molecule has 1 aliphatic rings. The molecule has 1 N–H and O–H groups in total. The van der Waals surface area contributed by atoms with Crippen molar-refractivity contribution in [3.8, 4) is 17.2 Å². The molecule has 0 spiro atoms. The van der Waals surface area contributed by atoms with Gasteiger partial charge in [-0.05, 0) is 30.3 Å². The topological polar surface area (TPSA) is 78.3 Å². The van der Waals surface area contributed by atoms with Crippen LogP contribution in [0.2, 0.25) is 0 Å². The smallest absolute Gasteiger partial charge is 0.269 e. The first-order chi connectivity index (χ1) is 12.2. The second-order valence-corrected chi connectivity index (χ2v) is 5.36. The molecule has 2 aromatic carbocycles. The zero-order chi connectivity index (χ0) is 17.2. The molecule has 1 amide bonds. The van der Waals surface area contributed by atoms with Gasteiger partial charge >= 0.3 is 0 Å². The number of halogens is 1. The Hall–Kier alpha value is -3.42. The lowest BCUT2D eigenvalue weighted by Gasteiger charge is -2.25. The van der Waals surface area contributed by atoms with Crippen molar-refractivity contribution in [3.63, 3.8) is 0 Å². The van der Waals surface area contributed by atoms with E-state index >= 15 is 0 Å². The Morgan fingerprint density at radius 1 is 1.24 bits per heavy atom. The molecule has 0 saturated carbocycles. The summed E-state index contributed by atoms with van der Waals surface area (Å²) in [6, 6.07) is 11.4. The third kappa shape index (κ3) is 3.01. The normalized spacial score (nSPS) is 15.6. The van der Waals surface area contributed by atoms with Crippen LogP contribution in [0.15, 0.2) is 55.1 Å². The van der Waals surface area contributed by atoms with Crippen LogP contribution in [0.3, 0.4) is 0 Å². The van der Waals surface area contributed by atoms with E-state index in [1.54, 1.807) is 24.3 Å². The van der Waals surface area contributed by atoms with Gasteiger partial charge in [0, 0.05) is 5.69 Å². The standard InChI is InChI=1S/C17H13FN4O3/c18-12-7-11(5-6-13(12)22-10-19-9-20-22)21-17(23)16-8-24-14-3-1-2-4-15(14)25-16/h1-7,9-10,16H,8H2,(H,21,23)/t16-/m1/s1. The minimum atomic E-state index is -0.812. The average Bonchev–Trinajstić information content (AvgIpc) is 3.15. The fourth-order valence-electron chi connectivity index (χ4n) is 2.47. The second kappa shape index (κ2) is 6.23. The van der Waals surface area contributed by atoms with Crippen molar-refractivity contribution in [1.29, 1.82) is 0 Å². The summed E-state index contributed by atoms with van der Waals surface area (Å²) >= 11 is 0. The van der Waals surface area contributed by atoms with E-state index in [0.717, 1.165) is 0 Å². The summed E-state index contributed by atoms with van der Waals surface area (Å²) in [5.41, 5.74) is 0.551. The monoisotopic (exact) mass is 340 g/mol. The van der Waals surface area contributed by atoms with Crippen LogP contribution < -0.4 is 14.8 Å². The van der Waals surface area contributed by atoms with Crippen molar-refractivity contribution >= 4 is 11.6 Å². The van der Waals surface area contributed by atoms with Gasteiger partial charge in [0.1, 0.15) is 24.9 Å². The molecule has 4 rings (SSSR count). The number of para-hydroxylation sites is 2. The van der Waals surface area contributed by atoms with Gasteiger partial charge in [0.05, 0.1) is 0 Å². The summed E-state index contributed by atoms with van der Waals surface area (Å²) in [5.74, 6) is 0.147. The summed E-state index contributed by atoms with van der Waals surface area (Å²) in [6.07, 6.45) is 1.89. The number of ether oxygens (including phenoxy) is 2. The van der Waals surface area contributed by atoms with Crippen LogP contribution in [-0.2, 0) is 4.79 Å². The highest BCUT2D eigenvalue weighted by Crippen LogP contribution is 2.31. The van der Waals surface area contributed by atoms with Crippen LogP contribution >= 0.6 is 0 Å². The maximum atomic E-state index is 14.2. The molecule has 126 valence electrons. The zero-order valence-electron chi connectivity index (χ0n) is 12.9. The number of carbonyl (C=O) groups excluding carboxylic acids is 1. The van der Waals surface area contributed by atoms with E-state index in [9.17, 15) is 9.18 Å². The van der Waals surface area contributed by atoms with Gasteiger partial charge in [0.2, 0.25) is 6.10 Å². The second-order valence-electron chi connectivity index (χ2n) is 5.36. The lowest BCUT2D eigenvalue weighted by atomic mass is 10.2. The highest BCUT2D eigenvalue weighted by atomic mass is 19.1. The van der Waals surface area contributed by atoms with Crippen molar-refractivity contribution in [2.45, 2.75) is 6.10 Å². The van der Waals surface area contributed by atoms with Gasteiger partial charge < -0.3 is 14.8 Å². The van der Waals surface area contributed by atoms with Crippen molar-refractivity contribution in [2.75, 3.05) is 11.9 Å². The zero-order valence-corrected chi connectivity index (χ0v) is 12.9. The molecule has 1 aliphatic heterocycles. The minimum absolute atomic E-state index is 0.0857. The first kappa shape index (κ1) is 15.1. The number of aromatic nitrogens is 3. The summed E-state index contributed by atoms with van der Waals surface area (Å²) in [6.45, 7) is 0.0857. The number of rotatable bonds is 3. The number of nitrogens with zero attached hydrogens (tertiary/aromatic N) is 3. The number of fused-ring (bicyclic) bond motifs is 1. The number of benzene rings is 2. The summed E-state index contributed by atoms with van der Waals surface area (Å²) in [7, 11) is 0. The molecule has 7 nitrogen and oxygen atoms in total. The Bertz CT molecular complexity index is 914. The maximum absolute atomic E-state index is 14.2. The third-order valence-corrected chi connectivity index (χ3v) is 3.68. The highest BCUT2D eigenvalue weighted by Gasteiger charge is 2.27. The minimum Gasteiger partial charge on any atom is -0.485 e. The summed E-state index contributed by atoms with van der Waals surface area (Å²) in [4.78, 5) is 16.1. The van der Waals surface area contributed by atoms with Gasteiger partial charge in [0.15, 0.2) is 17.3 Å². The number of anilines is 1. The van der Waals surface area contributed by atoms with Crippen molar-refractivity contribution < 1.29 is 18.7 Å². The van der Waals surface area contributed by atoms with Crippen LogP contribution in [0.4, 0.5) is 10.1 Å². The van der Waals surface area contributed by atoms with Crippen LogP contribution in [0.5, 0.6) is 11.5 Å². The first-order valence-corrected chi connectivity index (χ1v) is 7.54. The Kier molecular flexibility index (Phi) is 3.77. The van der Waals surface area contributed by atoms with E-state index in [1.165, 1.54) is 29.5 Å². The number of nitrogens with one attached hydrogen (secondary N) is 1. The van der Waals surface area contributed by atoms with Crippen molar-refractivity contribution in [3.05, 3.63) is 60.9 Å². The Morgan fingerprint density at radius 2 is 2.08 bits per heavy atom. The van der Waals surface area contributed by atoms with E-state index in [1.807, 2.05) is 6.07 Å². The molecule has 0 aliphatic carbocycles. The lowest BCUT2D eigenvalue weighted by Crippen LogP contribution is -2.40. The van der Waals surface area contributed by atoms with E-state index in [4.69, 9.17) is 9.47 Å². The molecule has 2 heterocycles. The molecule has 0 fully saturated rings. The Balaban J connectivity index is 1.47. The third-order valence-electron chi connectivity index (χ3n) is 3.68. The van der Waals surface area contributed by atoms with Gasteiger partial charge in [-0.1, -0.05) is 12.1 Å². The number of amides is 1. The molecule has 8 heteroatoms. The number of hydrogen-bond donors (Lipinski definition) is 1. The molecule has 1 aromatic heterocycles. The highest BCUT2D eigenvalue weighted by molar-refractivity contribution is 5.94. The fourth-order valence-corrected chi connectivity index (χ4v) is 2.47. The molecule has 0 saturated heterocycles. The van der Waals surface area contributed by atoms with Crippen LogP contribution in [0.25, 0.3) is 5.69 Å². The van der Waals surface area contributed by atoms with Crippen molar-refractivity contribution in [2.24, 2.45) is 0 Å². The largest absolute Gasteiger partial charge is 0.485 e. The van der Waals surface area contributed by atoms with E-state index in [0.29, 0.717) is 17.2 Å².